The summed E-state index contributed by atoms with van der Waals surface area (Å²) in [5.74, 6) is 0.111. The van der Waals surface area contributed by atoms with Crippen LogP contribution in [0.25, 0.3) is 11.0 Å². The van der Waals surface area contributed by atoms with E-state index >= 15 is 0 Å². The predicted molar refractivity (Wildman–Crippen MR) is 74.5 cm³/mol. The Morgan fingerprint density at radius 2 is 2.33 bits per heavy atom. The van der Waals surface area contributed by atoms with Crippen LogP contribution in [0, 0.1) is 0 Å². The van der Waals surface area contributed by atoms with E-state index in [9.17, 15) is 4.79 Å². The van der Waals surface area contributed by atoms with Crippen LogP contribution in [0.1, 0.15) is 23.9 Å². The Balaban J connectivity index is 2.11. The lowest BCUT2D eigenvalue weighted by Crippen LogP contribution is -2.28. The van der Waals surface area contributed by atoms with Gasteiger partial charge in [0, 0.05) is 18.0 Å². The maximum Gasteiger partial charge on any atom is 0.287 e. The maximum absolute atomic E-state index is 11.8. The van der Waals surface area contributed by atoms with Crippen LogP contribution in [0.15, 0.2) is 33.2 Å². The second-order valence-corrected chi connectivity index (χ2v) is 5.15. The Morgan fingerprint density at radius 3 is 3.00 bits per heavy atom. The molecule has 0 radical (unpaired) electrons. The molecule has 0 bridgehead atoms. The average molecular weight is 311 g/mol. The number of nitrogens with one attached hydrogen (secondary N) is 1. The molecule has 3 N–H and O–H groups in total. The number of nitrogens with two attached hydrogens (primary N) is 1. The van der Waals surface area contributed by atoms with Gasteiger partial charge < -0.3 is 15.5 Å². The summed E-state index contributed by atoms with van der Waals surface area (Å²) >= 11 is 3.39. The third-order valence-corrected chi connectivity index (χ3v) is 3.23. The van der Waals surface area contributed by atoms with Gasteiger partial charge in [0.05, 0.1) is 4.47 Å². The second kappa shape index (κ2) is 5.54. The minimum absolute atomic E-state index is 0.0788. The molecule has 4 nitrogen and oxygen atoms in total. The van der Waals surface area contributed by atoms with E-state index in [-0.39, 0.29) is 11.9 Å². The fraction of sp³-hybridized carbons (Fsp3) is 0.308. The molecular weight excluding hydrogens is 296 g/mol. The third-order valence-electron chi connectivity index (χ3n) is 2.61. The van der Waals surface area contributed by atoms with Gasteiger partial charge in [-0.25, -0.2) is 0 Å². The van der Waals surface area contributed by atoms with E-state index in [0.29, 0.717) is 17.9 Å². The zero-order chi connectivity index (χ0) is 13.1. The largest absolute Gasteiger partial charge is 0.450 e. The molecule has 0 saturated carbocycles. The van der Waals surface area contributed by atoms with Crippen molar-refractivity contribution in [1.29, 1.82) is 0 Å². The lowest BCUT2D eigenvalue weighted by atomic mass is 10.2. The van der Waals surface area contributed by atoms with Crippen molar-refractivity contribution in [3.8, 4) is 0 Å². The van der Waals surface area contributed by atoms with Gasteiger partial charge in [-0.3, -0.25) is 4.79 Å². The summed E-state index contributed by atoms with van der Waals surface area (Å²) < 4.78 is 6.37. The second-order valence-electron chi connectivity index (χ2n) is 4.29. The van der Waals surface area contributed by atoms with Gasteiger partial charge in [-0.2, -0.15) is 0 Å². The predicted octanol–water partition coefficient (Wildman–Crippen LogP) is 2.66. The molecule has 1 amide bonds. The van der Waals surface area contributed by atoms with Crippen molar-refractivity contribution in [1.82, 2.24) is 5.32 Å². The van der Waals surface area contributed by atoms with Crippen molar-refractivity contribution in [3.05, 3.63) is 34.5 Å². The van der Waals surface area contributed by atoms with Crippen molar-refractivity contribution in [2.24, 2.45) is 5.73 Å². The zero-order valence-electron chi connectivity index (χ0n) is 10.1. The van der Waals surface area contributed by atoms with Crippen molar-refractivity contribution >= 4 is 32.8 Å². The van der Waals surface area contributed by atoms with Crippen LogP contribution in [-0.2, 0) is 0 Å². The quantitative estimate of drug-likeness (QED) is 0.912. The monoisotopic (exact) mass is 310 g/mol. The molecular formula is C13H15BrN2O2. The van der Waals surface area contributed by atoms with Gasteiger partial charge in [0.25, 0.3) is 5.91 Å². The summed E-state index contributed by atoms with van der Waals surface area (Å²) in [5, 5.41) is 3.69. The highest BCUT2D eigenvalue weighted by Crippen LogP contribution is 2.26. The van der Waals surface area contributed by atoms with E-state index in [1.54, 1.807) is 6.07 Å². The normalized spacial score (nSPS) is 12.6. The highest BCUT2D eigenvalue weighted by Gasteiger charge is 2.13. The summed E-state index contributed by atoms with van der Waals surface area (Å²) in [6.45, 7) is 2.46. The molecule has 0 aliphatic carbocycles. The topological polar surface area (TPSA) is 68.3 Å². The number of carbonyl (C=O) groups excluding carboxylic acids is 1. The summed E-state index contributed by atoms with van der Waals surface area (Å²) in [7, 11) is 0. The summed E-state index contributed by atoms with van der Waals surface area (Å²) in [5.41, 5.74) is 6.31. The Morgan fingerprint density at radius 1 is 1.56 bits per heavy atom. The number of fused-ring (bicyclic) bond motifs is 1. The highest BCUT2D eigenvalue weighted by atomic mass is 79.9. The Hall–Kier alpha value is -1.33. The average Bonchev–Trinajstić information content (AvgIpc) is 2.74. The van der Waals surface area contributed by atoms with Gasteiger partial charge in [-0.05, 0) is 41.4 Å². The fourth-order valence-corrected chi connectivity index (χ4v) is 2.10. The zero-order valence-corrected chi connectivity index (χ0v) is 11.7. The molecule has 0 saturated heterocycles. The molecule has 96 valence electrons. The lowest BCUT2D eigenvalue weighted by Gasteiger charge is -2.05. The smallest absolute Gasteiger partial charge is 0.287 e. The van der Waals surface area contributed by atoms with Gasteiger partial charge in [-0.15, -0.1) is 0 Å². The first-order valence-corrected chi connectivity index (χ1v) is 6.59. The number of hydrogen-bond donors (Lipinski definition) is 2. The van der Waals surface area contributed by atoms with E-state index in [4.69, 9.17) is 10.2 Å². The van der Waals surface area contributed by atoms with E-state index in [0.717, 1.165) is 16.3 Å². The number of furan rings is 1. The number of rotatable bonds is 4. The molecule has 0 spiro atoms. The first kappa shape index (κ1) is 13.1. The molecule has 0 aliphatic rings. The van der Waals surface area contributed by atoms with Gasteiger partial charge >= 0.3 is 0 Å². The number of para-hydroxylation sites is 1. The van der Waals surface area contributed by atoms with Crippen LogP contribution in [0.4, 0.5) is 0 Å². The van der Waals surface area contributed by atoms with Crippen LogP contribution in [-0.4, -0.2) is 18.5 Å². The third kappa shape index (κ3) is 2.91. The minimum atomic E-state index is -0.209. The van der Waals surface area contributed by atoms with E-state index in [1.165, 1.54) is 0 Å². The van der Waals surface area contributed by atoms with E-state index in [2.05, 4.69) is 21.2 Å². The molecule has 1 aromatic heterocycles. The molecule has 2 aromatic rings. The Labute approximate surface area is 114 Å². The Kier molecular flexibility index (Phi) is 4.04. The van der Waals surface area contributed by atoms with Crippen LogP contribution in [0.3, 0.4) is 0 Å². The standard InChI is InChI=1S/C13H15BrN2O2/c1-8(15)5-6-16-13(17)11-7-9-3-2-4-10(14)12(9)18-11/h2-4,7-8H,5-6,15H2,1H3,(H,16,17). The molecule has 1 aromatic carbocycles. The molecule has 1 atom stereocenters. The fourth-order valence-electron chi connectivity index (χ4n) is 1.64. The summed E-state index contributed by atoms with van der Waals surface area (Å²) in [4.78, 5) is 11.8. The van der Waals surface area contributed by atoms with Crippen molar-refractivity contribution in [2.45, 2.75) is 19.4 Å². The number of amides is 1. The van der Waals surface area contributed by atoms with E-state index < -0.39 is 0 Å². The van der Waals surface area contributed by atoms with Crippen LogP contribution >= 0.6 is 15.9 Å². The molecule has 0 fully saturated rings. The molecule has 1 heterocycles. The number of halogens is 1. The minimum Gasteiger partial charge on any atom is -0.450 e. The van der Waals surface area contributed by atoms with Gasteiger partial charge in [0.15, 0.2) is 5.76 Å². The van der Waals surface area contributed by atoms with Gasteiger partial charge in [0.1, 0.15) is 5.58 Å². The first-order chi connectivity index (χ1) is 8.58. The van der Waals surface area contributed by atoms with Gasteiger partial charge in [-0.1, -0.05) is 12.1 Å². The highest BCUT2D eigenvalue weighted by molar-refractivity contribution is 9.10. The molecule has 18 heavy (non-hydrogen) atoms. The summed E-state index contributed by atoms with van der Waals surface area (Å²) in [6, 6.07) is 7.50. The van der Waals surface area contributed by atoms with Gasteiger partial charge in [0.2, 0.25) is 0 Å². The van der Waals surface area contributed by atoms with Crippen LogP contribution in [0.2, 0.25) is 0 Å². The molecule has 1 unspecified atom stereocenters. The SMILES string of the molecule is CC(N)CCNC(=O)c1cc2cccc(Br)c2o1. The number of hydrogen-bond acceptors (Lipinski definition) is 3. The van der Waals surface area contributed by atoms with Crippen molar-refractivity contribution in [2.75, 3.05) is 6.54 Å². The van der Waals surface area contributed by atoms with Crippen molar-refractivity contribution < 1.29 is 9.21 Å². The molecule has 0 aliphatic heterocycles. The van der Waals surface area contributed by atoms with E-state index in [1.807, 2.05) is 25.1 Å². The molecule has 2 rings (SSSR count). The first-order valence-electron chi connectivity index (χ1n) is 5.80. The van der Waals surface area contributed by atoms with Crippen LogP contribution < -0.4 is 11.1 Å². The van der Waals surface area contributed by atoms with Crippen LogP contribution in [0.5, 0.6) is 0 Å². The lowest BCUT2D eigenvalue weighted by molar-refractivity contribution is 0.0927. The number of benzene rings is 1. The summed E-state index contributed by atoms with van der Waals surface area (Å²) in [6.07, 6.45) is 0.746. The Bertz CT molecular complexity index is 563. The molecule has 5 heteroatoms. The van der Waals surface area contributed by atoms with Crippen molar-refractivity contribution in [3.63, 3.8) is 0 Å². The maximum atomic E-state index is 11.8. The number of carbonyl (C=O) groups is 1.